The van der Waals surface area contributed by atoms with Crippen LogP contribution in [0.5, 0.6) is 0 Å². The summed E-state index contributed by atoms with van der Waals surface area (Å²) in [6.07, 6.45) is 0. The largest absolute Gasteiger partial charge is 0.480 e. The normalized spacial score (nSPS) is 11.6. The van der Waals surface area contributed by atoms with Gasteiger partial charge in [-0.15, -0.1) is 0 Å². The zero-order chi connectivity index (χ0) is 11.6. The number of aliphatic carboxylic acids is 1. The Kier molecular flexibility index (Phi) is 3.82. The number of halogens is 1. The van der Waals surface area contributed by atoms with Crippen molar-refractivity contribution in [3.05, 3.63) is 9.48 Å². The molecule has 6 nitrogen and oxygen atoms in total. The van der Waals surface area contributed by atoms with E-state index in [0.29, 0.717) is 9.48 Å². The van der Waals surface area contributed by atoms with Gasteiger partial charge in [0.15, 0.2) is 0 Å². The fourth-order valence-electron chi connectivity index (χ4n) is 0.688. The smallest absolute Gasteiger partial charge is 0.318 e. The van der Waals surface area contributed by atoms with Gasteiger partial charge in [0.25, 0.3) is 10.0 Å². The number of carbonyl (C=O) groups is 1. The minimum Gasteiger partial charge on any atom is -0.480 e. The van der Waals surface area contributed by atoms with Gasteiger partial charge < -0.3 is 5.11 Å². The average Bonchev–Trinajstić information content (AvgIpc) is 2.45. The van der Waals surface area contributed by atoms with Crippen LogP contribution >= 0.6 is 27.3 Å². The minimum absolute atomic E-state index is 0.145. The van der Waals surface area contributed by atoms with Crippen LogP contribution in [-0.2, 0) is 14.8 Å². The predicted molar refractivity (Wildman–Crippen MR) is 57.4 cm³/mol. The topological polar surface area (TPSA) is 96.4 Å². The van der Waals surface area contributed by atoms with Crippen molar-refractivity contribution < 1.29 is 18.3 Å². The third-order valence-corrected chi connectivity index (χ3v) is 5.15. The maximum Gasteiger partial charge on any atom is 0.318 e. The number of thiazole rings is 1. The van der Waals surface area contributed by atoms with Crippen LogP contribution in [0.2, 0.25) is 0 Å². The number of hydrogen-bond donors (Lipinski definition) is 2. The first-order valence-electron chi connectivity index (χ1n) is 3.67. The molecule has 0 spiro atoms. The van der Waals surface area contributed by atoms with Crippen molar-refractivity contribution in [3.8, 4) is 0 Å². The van der Waals surface area contributed by atoms with Crippen LogP contribution in [0.3, 0.4) is 0 Å². The lowest BCUT2D eigenvalue weighted by molar-refractivity contribution is -0.135. The van der Waals surface area contributed by atoms with Crippen LogP contribution in [0.1, 0.15) is 5.69 Å². The summed E-state index contributed by atoms with van der Waals surface area (Å²) in [4.78, 5) is 14.0. The van der Waals surface area contributed by atoms with Gasteiger partial charge in [0, 0.05) is 0 Å². The van der Waals surface area contributed by atoms with Crippen LogP contribution in [-0.4, -0.2) is 31.0 Å². The first-order valence-corrected chi connectivity index (χ1v) is 6.76. The Bertz CT molecular complexity index is 462. The van der Waals surface area contributed by atoms with Crippen LogP contribution in [0, 0.1) is 6.92 Å². The second kappa shape index (κ2) is 4.56. The molecule has 0 atom stereocenters. The maximum atomic E-state index is 11.5. The minimum atomic E-state index is -3.81. The van der Waals surface area contributed by atoms with Crippen molar-refractivity contribution >= 4 is 43.3 Å². The quantitative estimate of drug-likeness (QED) is 0.847. The van der Waals surface area contributed by atoms with Crippen molar-refractivity contribution in [3.63, 3.8) is 0 Å². The molecule has 0 aliphatic heterocycles. The number of sulfonamides is 1. The van der Waals surface area contributed by atoms with E-state index in [0.717, 1.165) is 11.3 Å². The molecule has 0 saturated heterocycles. The summed E-state index contributed by atoms with van der Waals surface area (Å²) in [7, 11) is -3.81. The molecule has 0 radical (unpaired) electrons. The molecular formula is C6H7BrN2O4S2. The Morgan fingerprint density at radius 2 is 2.27 bits per heavy atom. The Morgan fingerprint density at radius 3 is 2.67 bits per heavy atom. The first-order chi connectivity index (χ1) is 6.83. The second-order valence-electron chi connectivity index (χ2n) is 2.56. The predicted octanol–water partition coefficient (Wildman–Crippen LogP) is 0.577. The summed E-state index contributed by atoms with van der Waals surface area (Å²) in [6.45, 7) is 0.995. The first kappa shape index (κ1) is 12.6. The zero-order valence-electron chi connectivity index (χ0n) is 7.52. The van der Waals surface area contributed by atoms with Crippen molar-refractivity contribution in [1.82, 2.24) is 9.71 Å². The molecule has 1 heterocycles. The van der Waals surface area contributed by atoms with Crippen molar-refractivity contribution in [2.24, 2.45) is 0 Å². The van der Waals surface area contributed by atoms with Gasteiger partial charge in [-0.3, -0.25) is 4.79 Å². The van der Waals surface area contributed by atoms with Gasteiger partial charge in [0.05, 0.1) is 9.48 Å². The molecule has 0 unspecified atom stereocenters. The lowest BCUT2D eigenvalue weighted by Crippen LogP contribution is -2.29. The van der Waals surface area contributed by atoms with Crippen LogP contribution in [0.4, 0.5) is 0 Å². The Labute approximate surface area is 98.5 Å². The van der Waals surface area contributed by atoms with Crippen LogP contribution in [0.15, 0.2) is 8.13 Å². The molecule has 84 valence electrons. The second-order valence-corrected chi connectivity index (χ2v) is 6.81. The lowest BCUT2D eigenvalue weighted by atomic mass is 10.6. The van der Waals surface area contributed by atoms with E-state index in [9.17, 15) is 13.2 Å². The monoisotopic (exact) mass is 314 g/mol. The van der Waals surface area contributed by atoms with E-state index in [4.69, 9.17) is 5.11 Å². The highest BCUT2D eigenvalue weighted by atomic mass is 79.9. The van der Waals surface area contributed by atoms with Crippen molar-refractivity contribution in [2.45, 2.75) is 11.3 Å². The standard InChI is InChI=1S/C6H7BrN2O4S2/c1-3-5(7)14-6(9-3)15(12,13)8-2-4(10)11/h8H,2H2,1H3,(H,10,11). The van der Waals surface area contributed by atoms with Gasteiger partial charge in [-0.05, 0) is 22.9 Å². The van der Waals surface area contributed by atoms with Gasteiger partial charge in [-0.25, -0.2) is 13.4 Å². The molecule has 0 amide bonds. The van der Waals surface area contributed by atoms with E-state index >= 15 is 0 Å². The molecule has 9 heteroatoms. The van der Waals surface area contributed by atoms with E-state index in [1.807, 2.05) is 4.72 Å². The number of nitrogens with zero attached hydrogens (tertiary/aromatic N) is 1. The molecule has 2 N–H and O–H groups in total. The van der Waals surface area contributed by atoms with E-state index in [1.54, 1.807) is 6.92 Å². The zero-order valence-corrected chi connectivity index (χ0v) is 10.7. The number of rotatable bonds is 4. The van der Waals surface area contributed by atoms with Crippen LogP contribution < -0.4 is 4.72 Å². The number of aromatic nitrogens is 1. The molecular weight excluding hydrogens is 308 g/mol. The van der Waals surface area contributed by atoms with Gasteiger partial charge in [0.1, 0.15) is 6.54 Å². The van der Waals surface area contributed by atoms with Gasteiger partial charge in [-0.2, -0.15) is 4.72 Å². The van der Waals surface area contributed by atoms with Gasteiger partial charge in [0.2, 0.25) is 4.34 Å². The third-order valence-electron chi connectivity index (χ3n) is 1.36. The van der Waals surface area contributed by atoms with Crippen LogP contribution in [0.25, 0.3) is 0 Å². The molecule has 0 saturated carbocycles. The third kappa shape index (κ3) is 3.23. The van der Waals surface area contributed by atoms with Crippen molar-refractivity contribution in [1.29, 1.82) is 0 Å². The van der Waals surface area contributed by atoms with E-state index in [-0.39, 0.29) is 4.34 Å². The number of carboxylic acid groups (broad SMARTS) is 1. The molecule has 0 aliphatic carbocycles. The Hall–Kier alpha value is -0.510. The lowest BCUT2D eigenvalue weighted by Gasteiger charge is -1.99. The van der Waals surface area contributed by atoms with Gasteiger partial charge >= 0.3 is 5.97 Å². The SMILES string of the molecule is Cc1nc(S(=O)(=O)NCC(=O)O)sc1Br. The summed E-state index contributed by atoms with van der Waals surface area (Å²) in [6, 6.07) is 0. The summed E-state index contributed by atoms with van der Waals surface area (Å²) in [5.41, 5.74) is 0.552. The summed E-state index contributed by atoms with van der Waals surface area (Å²) in [5, 5.41) is 8.33. The molecule has 1 aromatic heterocycles. The molecule has 1 rings (SSSR count). The van der Waals surface area contributed by atoms with Crippen molar-refractivity contribution in [2.75, 3.05) is 6.54 Å². The fourth-order valence-corrected chi connectivity index (χ4v) is 3.65. The van der Waals surface area contributed by atoms with E-state index in [1.165, 1.54) is 0 Å². The molecule has 1 aromatic rings. The summed E-state index contributed by atoms with van der Waals surface area (Å²) < 4.78 is 25.3. The highest BCUT2D eigenvalue weighted by Crippen LogP contribution is 2.26. The summed E-state index contributed by atoms with van der Waals surface area (Å²) in [5.74, 6) is -1.24. The maximum absolute atomic E-state index is 11.5. The van der Waals surface area contributed by atoms with Gasteiger partial charge in [-0.1, -0.05) is 11.3 Å². The molecule has 0 fully saturated rings. The average molecular weight is 315 g/mol. The molecule has 0 aliphatic rings. The number of aryl methyl sites for hydroxylation is 1. The summed E-state index contributed by atoms with van der Waals surface area (Å²) >= 11 is 4.07. The molecule has 0 bridgehead atoms. The highest BCUT2D eigenvalue weighted by molar-refractivity contribution is 9.11. The van der Waals surface area contributed by atoms with E-state index < -0.39 is 22.5 Å². The molecule has 15 heavy (non-hydrogen) atoms. The number of hydrogen-bond acceptors (Lipinski definition) is 5. The highest BCUT2D eigenvalue weighted by Gasteiger charge is 2.20. The number of carboxylic acids is 1. The Balaban J connectivity index is 2.91. The molecule has 0 aromatic carbocycles. The Morgan fingerprint density at radius 1 is 1.67 bits per heavy atom. The fraction of sp³-hybridized carbons (Fsp3) is 0.333. The van der Waals surface area contributed by atoms with E-state index in [2.05, 4.69) is 20.9 Å². The number of nitrogens with one attached hydrogen (secondary N) is 1.